The number of carbonyl (C=O) groups is 1. The average Bonchev–Trinajstić information content (AvgIpc) is 3.14. The van der Waals surface area contributed by atoms with Crippen LogP contribution < -0.4 is 19.3 Å². The third kappa shape index (κ3) is 4.69. The van der Waals surface area contributed by atoms with Gasteiger partial charge in [-0.25, -0.2) is 18.6 Å². The molecule has 0 fully saturated rings. The van der Waals surface area contributed by atoms with Crippen molar-refractivity contribution in [2.75, 3.05) is 37.7 Å². The van der Waals surface area contributed by atoms with Gasteiger partial charge in [0.15, 0.2) is 23.1 Å². The first-order chi connectivity index (χ1) is 17.0. The Balaban J connectivity index is 1.73. The number of hydrogen-bond acceptors (Lipinski definition) is 5. The fourth-order valence-electron chi connectivity index (χ4n) is 4.17. The zero-order valence-electron chi connectivity index (χ0n) is 21.1. The molecule has 0 spiro atoms. The van der Waals surface area contributed by atoms with E-state index in [-0.39, 0.29) is 18.0 Å². The number of ether oxygens (including phenoxy) is 3. The van der Waals surface area contributed by atoms with Crippen LogP contribution in [0, 0.1) is 11.6 Å². The lowest BCUT2D eigenvalue weighted by atomic mass is 10.1. The molecule has 0 unspecified atom stereocenters. The Morgan fingerprint density at radius 1 is 1.11 bits per heavy atom. The van der Waals surface area contributed by atoms with Gasteiger partial charge in [0.2, 0.25) is 0 Å². The molecule has 36 heavy (non-hydrogen) atoms. The summed E-state index contributed by atoms with van der Waals surface area (Å²) in [6.45, 7) is 7.77. The summed E-state index contributed by atoms with van der Waals surface area (Å²) >= 11 is 3.59. The highest BCUT2D eigenvalue weighted by Gasteiger charge is 2.36. The Bertz CT molecular complexity index is 1300. The van der Waals surface area contributed by atoms with Crippen molar-refractivity contribution in [3.8, 4) is 11.5 Å². The van der Waals surface area contributed by atoms with Gasteiger partial charge in [-0.05, 0) is 22.0 Å². The smallest absolute Gasteiger partial charge is 0.329 e. The quantitative estimate of drug-likeness (QED) is 0.241. The Kier molecular flexibility index (Phi) is 7.31. The number of nitrogens with zero attached hydrogens (tertiary/aromatic N) is 4. The van der Waals surface area contributed by atoms with E-state index >= 15 is 8.78 Å². The number of rotatable bonds is 8. The molecule has 2 amide bonds. The lowest BCUT2D eigenvalue weighted by molar-refractivity contribution is 0.0898. The standard InChI is InChI=1S/C24H29BrF2N4O4Si/c1-29-21-14(10-28-23-18(21)15(25)12-30(23)13-35-7-8-36(4,5)6)11-31(24(29)32)22-19(26)16(33-2)9-17(34-3)20(22)27/h9-10,12H,7-8,11,13H2,1-6H3. The monoisotopic (exact) mass is 582 g/mol. The number of pyridine rings is 1. The molecule has 0 bridgehead atoms. The highest BCUT2D eigenvalue weighted by molar-refractivity contribution is 9.10. The van der Waals surface area contributed by atoms with Crippen LogP contribution in [0.3, 0.4) is 0 Å². The Hall–Kier alpha value is -2.70. The van der Waals surface area contributed by atoms with Crippen LogP contribution in [0.1, 0.15) is 5.56 Å². The predicted molar refractivity (Wildman–Crippen MR) is 141 cm³/mol. The van der Waals surface area contributed by atoms with Crippen LogP contribution in [0.5, 0.6) is 11.5 Å². The summed E-state index contributed by atoms with van der Waals surface area (Å²) in [6, 6.07) is 1.55. The summed E-state index contributed by atoms with van der Waals surface area (Å²) in [5.74, 6) is -2.44. The van der Waals surface area contributed by atoms with Crippen molar-refractivity contribution in [3.05, 3.63) is 40.1 Å². The number of halogens is 3. The molecule has 4 rings (SSSR count). The van der Waals surface area contributed by atoms with E-state index in [1.54, 1.807) is 13.2 Å². The molecule has 3 aromatic rings. The molecule has 1 aliphatic rings. The Morgan fingerprint density at radius 3 is 2.33 bits per heavy atom. The number of aromatic nitrogens is 2. The largest absolute Gasteiger partial charge is 0.493 e. The summed E-state index contributed by atoms with van der Waals surface area (Å²) in [6.07, 6.45) is 3.48. The predicted octanol–water partition coefficient (Wildman–Crippen LogP) is 5.98. The third-order valence-corrected chi connectivity index (χ3v) is 8.42. The van der Waals surface area contributed by atoms with Crippen LogP contribution in [0.2, 0.25) is 25.7 Å². The molecule has 3 heterocycles. The van der Waals surface area contributed by atoms with Gasteiger partial charge in [0, 0.05) is 50.2 Å². The highest BCUT2D eigenvalue weighted by atomic mass is 79.9. The molecule has 0 radical (unpaired) electrons. The number of urea groups is 1. The first-order valence-electron chi connectivity index (χ1n) is 11.4. The van der Waals surface area contributed by atoms with Gasteiger partial charge in [0.1, 0.15) is 18.1 Å². The maximum absolute atomic E-state index is 15.2. The van der Waals surface area contributed by atoms with Crippen LogP contribution in [0.15, 0.2) is 22.9 Å². The van der Waals surface area contributed by atoms with E-state index < -0.39 is 31.4 Å². The van der Waals surface area contributed by atoms with Crippen molar-refractivity contribution >= 4 is 52.4 Å². The van der Waals surface area contributed by atoms with E-state index in [4.69, 9.17) is 14.2 Å². The van der Waals surface area contributed by atoms with Gasteiger partial charge in [-0.15, -0.1) is 0 Å². The van der Waals surface area contributed by atoms with Crippen LogP contribution >= 0.6 is 15.9 Å². The molecular formula is C24H29BrF2N4O4Si. The van der Waals surface area contributed by atoms with E-state index in [1.165, 1.54) is 19.1 Å². The molecule has 0 saturated carbocycles. The van der Waals surface area contributed by atoms with Crippen molar-refractivity contribution in [2.45, 2.75) is 39.0 Å². The Morgan fingerprint density at radius 2 is 1.75 bits per heavy atom. The molecule has 0 aliphatic carbocycles. The molecule has 0 N–H and O–H groups in total. The number of amides is 2. The number of carbonyl (C=O) groups excluding carboxylic acids is 1. The van der Waals surface area contributed by atoms with E-state index in [0.717, 1.165) is 26.9 Å². The normalized spacial score (nSPS) is 14.0. The zero-order chi connectivity index (χ0) is 26.4. The van der Waals surface area contributed by atoms with Gasteiger partial charge in [-0.2, -0.15) is 0 Å². The fourth-order valence-corrected chi connectivity index (χ4v) is 5.54. The lowest BCUT2D eigenvalue weighted by Gasteiger charge is -2.35. The molecule has 12 heteroatoms. The number of anilines is 2. The van der Waals surface area contributed by atoms with Crippen molar-refractivity contribution in [1.29, 1.82) is 0 Å². The van der Waals surface area contributed by atoms with Crippen molar-refractivity contribution < 1.29 is 27.8 Å². The zero-order valence-corrected chi connectivity index (χ0v) is 23.7. The minimum atomic E-state index is -1.21. The Labute approximate surface area is 217 Å². The van der Waals surface area contributed by atoms with Gasteiger partial charge in [-0.3, -0.25) is 9.80 Å². The minimum Gasteiger partial charge on any atom is -0.493 e. The molecule has 2 aromatic heterocycles. The molecule has 194 valence electrons. The van der Waals surface area contributed by atoms with Crippen molar-refractivity contribution in [2.24, 2.45) is 0 Å². The average molecular weight is 584 g/mol. The third-order valence-electron chi connectivity index (χ3n) is 6.12. The SMILES string of the molecule is COc1cc(OC)c(F)c(N2Cc3cnc4c(c(Br)cn4COCC[Si](C)(C)C)c3N(C)C2=O)c1F. The molecule has 1 aromatic carbocycles. The summed E-state index contributed by atoms with van der Waals surface area (Å²) in [7, 11) is 2.87. The van der Waals surface area contributed by atoms with Crippen molar-refractivity contribution in [1.82, 2.24) is 9.55 Å². The summed E-state index contributed by atoms with van der Waals surface area (Å²) in [5.41, 5.74) is 1.34. The minimum absolute atomic E-state index is 0.0874. The second-order valence-electron chi connectivity index (χ2n) is 9.81. The van der Waals surface area contributed by atoms with E-state index in [9.17, 15) is 4.79 Å². The second kappa shape index (κ2) is 9.98. The first-order valence-corrected chi connectivity index (χ1v) is 15.9. The summed E-state index contributed by atoms with van der Waals surface area (Å²) in [4.78, 5) is 20.4. The molecule has 0 atom stereocenters. The maximum atomic E-state index is 15.2. The molecule has 0 saturated heterocycles. The van der Waals surface area contributed by atoms with E-state index in [1.807, 2.05) is 10.8 Å². The molecule has 8 nitrogen and oxygen atoms in total. The van der Waals surface area contributed by atoms with Crippen molar-refractivity contribution in [3.63, 3.8) is 0 Å². The van der Waals surface area contributed by atoms with Gasteiger partial charge in [0.25, 0.3) is 0 Å². The number of fused-ring (bicyclic) bond motifs is 3. The topological polar surface area (TPSA) is 69.1 Å². The first kappa shape index (κ1) is 26.4. The number of benzene rings is 1. The number of methoxy groups -OCH3 is 2. The summed E-state index contributed by atoms with van der Waals surface area (Å²) in [5, 5.41) is 0.723. The van der Waals surface area contributed by atoms with E-state index in [0.29, 0.717) is 30.2 Å². The highest BCUT2D eigenvalue weighted by Crippen LogP contribution is 2.43. The maximum Gasteiger partial charge on any atom is 0.329 e. The van der Waals surface area contributed by atoms with Crippen LogP contribution in [-0.2, 0) is 18.0 Å². The number of hydrogen-bond donors (Lipinski definition) is 0. The van der Waals surface area contributed by atoms with Gasteiger partial charge < -0.3 is 18.8 Å². The molecular weight excluding hydrogens is 554 g/mol. The second-order valence-corrected chi connectivity index (χ2v) is 16.3. The fraction of sp³-hybridized carbons (Fsp3) is 0.417. The van der Waals surface area contributed by atoms with E-state index in [2.05, 4.69) is 40.6 Å². The summed E-state index contributed by atoms with van der Waals surface area (Å²) < 4.78 is 48.9. The van der Waals surface area contributed by atoms with Gasteiger partial charge in [-0.1, -0.05) is 19.6 Å². The van der Waals surface area contributed by atoms with Crippen LogP contribution in [0.25, 0.3) is 11.0 Å². The van der Waals surface area contributed by atoms with Crippen LogP contribution in [-0.4, -0.2) is 51.5 Å². The van der Waals surface area contributed by atoms with Gasteiger partial charge in [0.05, 0.1) is 31.8 Å². The lowest BCUT2D eigenvalue weighted by Crippen LogP contribution is -2.46. The van der Waals surface area contributed by atoms with Crippen LogP contribution in [0.4, 0.5) is 25.0 Å². The molecule has 1 aliphatic heterocycles. The van der Waals surface area contributed by atoms with Gasteiger partial charge >= 0.3 is 6.03 Å².